The molecule has 1 heterocycles. The fourth-order valence-corrected chi connectivity index (χ4v) is 2.99. The van der Waals surface area contributed by atoms with Crippen LogP contribution in [0.3, 0.4) is 0 Å². The lowest BCUT2D eigenvalue weighted by molar-refractivity contribution is -0.236. The predicted octanol–water partition coefficient (Wildman–Crippen LogP) is 2.57. The third-order valence-electron chi connectivity index (χ3n) is 4.05. The Morgan fingerprint density at radius 1 is 1.25 bits per heavy atom. The standard InChI is InChI=1S/C15H19NO4/c1-18-15(17)12-7-3-2-6-11(12)10-16-19-13-8-4-5-9-14(13)20-16/h4-5,8-9,11-12H,2-3,6-7,10H2,1H3. The molecule has 5 nitrogen and oxygen atoms in total. The number of carbonyl (C=O) groups is 1. The number of esters is 1. The van der Waals surface area contributed by atoms with E-state index in [4.69, 9.17) is 14.4 Å². The summed E-state index contributed by atoms with van der Waals surface area (Å²) in [5.74, 6) is 1.48. The van der Waals surface area contributed by atoms with Crippen LogP contribution >= 0.6 is 0 Å². The maximum Gasteiger partial charge on any atom is 0.308 e. The number of fused-ring (bicyclic) bond motifs is 1. The minimum atomic E-state index is -0.119. The Morgan fingerprint density at radius 3 is 2.55 bits per heavy atom. The van der Waals surface area contributed by atoms with Crippen LogP contribution in [0.4, 0.5) is 0 Å². The van der Waals surface area contributed by atoms with Gasteiger partial charge in [0.05, 0.1) is 19.6 Å². The third kappa shape index (κ3) is 2.58. The molecule has 1 aromatic carbocycles. The summed E-state index contributed by atoms with van der Waals surface area (Å²) < 4.78 is 4.91. The summed E-state index contributed by atoms with van der Waals surface area (Å²) in [6.45, 7) is 0.578. The second-order valence-corrected chi connectivity index (χ2v) is 5.32. The van der Waals surface area contributed by atoms with Gasteiger partial charge in [-0.25, -0.2) is 0 Å². The van der Waals surface area contributed by atoms with Crippen molar-refractivity contribution in [1.82, 2.24) is 5.23 Å². The van der Waals surface area contributed by atoms with Gasteiger partial charge in [0.2, 0.25) is 0 Å². The smallest absolute Gasteiger partial charge is 0.308 e. The summed E-state index contributed by atoms with van der Waals surface area (Å²) in [5.41, 5.74) is 0. The highest BCUT2D eigenvalue weighted by molar-refractivity contribution is 5.72. The molecule has 1 fully saturated rings. The second kappa shape index (κ2) is 5.71. The fourth-order valence-electron chi connectivity index (χ4n) is 2.99. The van der Waals surface area contributed by atoms with Gasteiger partial charge in [-0.15, -0.1) is 0 Å². The number of benzene rings is 1. The SMILES string of the molecule is COC(=O)C1CCCCC1CN1Oc2ccccc2O1. The summed E-state index contributed by atoms with van der Waals surface area (Å²) in [4.78, 5) is 23.1. The average Bonchev–Trinajstić information content (AvgIpc) is 2.89. The highest BCUT2D eigenvalue weighted by Gasteiger charge is 2.35. The van der Waals surface area contributed by atoms with Gasteiger partial charge in [-0.05, 0) is 30.9 Å². The molecule has 1 aliphatic heterocycles. The number of rotatable bonds is 3. The molecular formula is C15H19NO4. The van der Waals surface area contributed by atoms with Crippen LogP contribution in [0.25, 0.3) is 0 Å². The molecule has 1 aromatic rings. The molecule has 1 saturated carbocycles. The van der Waals surface area contributed by atoms with Crippen LogP contribution in [0.15, 0.2) is 24.3 Å². The molecule has 0 spiro atoms. The Morgan fingerprint density at radius 2 is 1.90 bits per heavy atom. The van der Waals surface area contributed by atoms with Crippen LogP contribution in [-0.2, 0) is 9.53 Å². The number of hydrogen-bond acceptors (Lipinski definition) is 5. The molecule has 108 valence electrons. The molecule has 0 amide bonds. The normalized spacial score (nSPS) is 25.4. The summed E-state index contributed by atoms with van der Waals surface area (Å²) in [7, 11) is 1.45. The van der Waals surface area contributed by atoms with Crippen molar-refractivity contribution < 1.29 is 19.2 Å². The molecule has 0 saturated heterocycles. The molecule has 3 rings (SSSR count). The lowest BCUT2D eigenvalue weighted by Crippen LogP contribution is -2.39. The van der Waals surface area contributed by atoms with E-state index in [0.29, 0.717) is 6.54 Å². The van der Waals surface area contributed by atoms with Gasteiger partial charge in [-0.1, -0.05) is 25.0 Å². The van der Waals surface area contributed by atoms with Crippen molar-refractivity contribution >= 4 is 5.97 Å². The molecular weight excluding hydrogens is 258 g/mol. The van der Waals surface area contributed by atoms with E-state index in [1.54, 1.807) is 0 Å². The van der Waals surface area contributed by atoms with Crippen LogP contribution < -0.4 is 9.68 Å². The van der Waals surface area contributed by atoms with Crippen molar-refractivity contribution in [3.8, 4) is 11.5 Å². The fraction of sp³-hybridized carbons (Fsp3) is 0.533. The van der Waals surface area contributed by atoms with Crippen molar-refractivity contribution in [2.24, 2.45) is 11.8 Å². The lowest BCUT2D eigenvalue weighted by Gasteiger charge is -2.30. The number of carbonyl (C=O) groups excluding carboxylic acids is 1. The van der Waals surface area contributed by atoms with Crippen LogP contribution in [0.2, 0.25) is 0 Å². The Kier molecular flexibility index (Phi) is 3.78. The molecule has 20 heavy (non-hydrogen) atoms. The van der Waals surface area contributed by atoms with Crippen LogP contribution in [0, 0.1) is 11.8 Å². The Hall–Kier alpha value is -1.75. The molecule has 0 bridgehead atoms. The first-order chi connectivity index (χ1) is 9.78. The lowest BCUT2D eigenvalue weighted by atomic mass is 9.79. The van der Waals surface area contributed by atoms with E-state index in [-0.39, 0.29) is 17.8 Å². The second-order valence-electron chi connectivity index (χ2n) is 5.32. The monoisotopic (exact) mass is 277 g/mol. The van der Waals surface area contributed by atoms with Gasteiger partial charge < -0.3 is 14.4 Å². The molecule has 5 heteroatoms. The topological polar surface area (TPSA) is 48.0 Å². The van der Waals surface area contributed by atoms with Crippen LogP contribution in [0.5, 0.6) is 11.5 Å². The van der Waals surface area contributed by atoms with Crippen molar-refractivity contribution in [3.63, 3.8) is 0 Å². The zero-order chi connectivity index (χ0) is 13.9. The molecule has 2 aliphatic rings. The minimum absolute atomic E-state index is 0.0512. The van der Waals surface area contributed by atoms with E-state index in [2.05, 4.69) is 0 Å². The quantitative estimate of drug-likeness (QED) is 0.795. The van der Waals surface area contributed by atoms with Gasteiger partial charge in [0.25, 0.3) is 0 Å². The molecule has 0 aromatic heterocycles. The van der Waals surface area contributed by atoms with Crippen molar-refractivity contribution in [2.45, 2.75) is 25.7 Å². The third-order valence-corrected chi connectivity index (χ3v) is 4.05. The van der Waals surface area contributed by atoms with E-state index in [9.17, 15) is 4.79 Å². The molecule has 2 atom stereocenters. The zero-order valence-electron chi connectivity index (χ0n) is 11.6. The van der Waals surface area contributed by atoms with Crippen LogP contribution in [-0.4, -0.2) is 24.9 Å². The number of hydroxylamine groups is 2. The number of hydrogen-bond donors (Lipinski definition) is 0. The van der Waals surface area contributed by atoms with Crippen molar-refractivity contribution in [3.05, 3.63) is 24.3 Å². The Labute approximate surface area is 118 Å². The number of methoxy groups -OCH3 is 1. The van der Waals surface area contributed by atoms with Gasteiger partial charge in [-0.3, -0.25) is 4.79 Å². The van der Waals surface area contributed by atoms with E-state index in [0.717, 1.165) is 37.2 Å². The largest absolute Gasteiger partial charge is 0.469 e. The van der Waals surface area contributed by atoms with E-state index in [1.165, 1.54) is 12.3 Å². The highest BCUT2D eigenvalue weighted by Crippen LogP contribution is 2.36. The average molecular weight is 277 g/mol. The predicted molar refractivity (Wildman–Crippen MR) is 71.9 cm³/mol. The summed E-state index contributed by atoms with van der Waals surface area (Å²) in [5, 5.41) is 1.48. The van der Waals surface area contributed by atoms with Gasteiger partial charge in [0.1, 0.15) is 0 Å². The number of ether oxygens (including phenoxy) is 1. The van der Waals surface area contributed by atoms with Crippen molar-refractivity contribution in [2.75, 3.05) is 13.7 Å². The first-order valence-corrected chi connectivity index (χ1v) is 7.08. The molecule has 2 unspecified atom stereocenters. The Balaban J connectivity index is 1.64. The van der Waals surface area contributed by atoms with Gasteiger partial charge >= 0.3 is 5.97 Å². The van der Waals surface area contributed by atoms with E-state index < -0.39 is 0 Å². The van der Waals surface area contributed by atoms with Gasteiger partial charge in [0.15, 0.2) is 11.5 Å². The van der Waals surface area contributed by atoms with Gasteiger partial charge in [-0.2, -0.15) is 0 Å². The molecule has 0 radical (unpaired) electrons. The Bertz CT molecular complexity index is 466. The number of nitrogens with zero attached hydrogens (tertiary/aromatic N) is 1. The molecule has 1 aliphatic carbocycles. The van der Waals surface area contributed by atoms with E-state index in [1.807, 2.05) is 24.3 Å². The maximum atomic E-state index is 11.8. The summed E-state index contributed by atoms with van der Waals surface area (Å²) in [6.07, 6.45) is 4.11. The first kappa shape index (κ1) is 13.2. The number of para-hydroxylation sites is 2. The summed E-state index contributed by atoms with van der Waals surface area (Å²) in [6, 6.07) is 7.55. The van der Waals surface area contributed by atoms with Crippen LogP contribution in [0.1, 0.15) is 25.7 Å². The first-order valence-electron chi connectivity index (χ1n) is 7.08. The molecule has 0 N–H and O–H groups in total. The van der Waals surface area contributed by atoms with E-state index >= 15 is 0 Å². The maximum absolute atomic E-state index is 11.8. The minimum Gasteiger partial charge on any atom is -0.469 e. The van der Waals surface area contributed by atoms with Gasteiger partial charge in [0, 0.05) is 5.23 Å². The summed E-state index contributed by atoms with van der Waals surface area (Å²) >= 11 is 0. The zero-order valence-corrected chi connectivity index (χ0v) is 11.6. The van der Waals surface area contributed by atoms with Crippen molar-refractivity contribution in [1.29, 1.82) is 0 Å². The highest BCUT2D eigenvalue weighted by atomic mass is 17.0.